The van der Waals surface area contributed by atoms with Crippen LogP contribution in [0.25, 0.3) is 0 Å². The van der Waals surface area contributed by atoms with Crippen molar-refractivity contribution in [2.45, 2.75) is 46.6 Å². The van der Waals surface area contributed by atoms with Crippen LogP contribution < -0.4 is 5.32 Å². The molecular formula is C15H22BrNO2. The van der Waals surface area contributed by atoms with Crippen LogP contribution in [0.4, 0.5) is 5.69 Å². The number of carbonyl (C=O) groups is 1. The lowest BCUT2D eigenvalue weighted by molar-refractivity contribution is -0.154. The summed E-state index contributed by atoms with van der Waals surface area (Å²) in [4.78, 5) is 11.6. The largest absolute Gasteiger partial charge is 0.460 e. The molecule has 0 aliphatic heterocycles. The van der Waals surface area contributed by atoms with Gasteiger partial charge in [0, 0.05) is 11.0 Å². The molecule has 4 heteroatoms. The van der Waals surface area contributed by atoms with Crippen LogP contribution in [0.15, 0.2) is 16.6 Å². The van der Waals surface area contributed by atoms with Crippen molar-refractivity contribution in [2.24, 2.45) is 0 Å². The Bertz CT molecular complexity index is 441. The molecule has 1 rings (SSSR count). The molecule has 0 aliphatic carbocycles. The number of ether oxygens (including phenoxy) is 1. The lowest BCUT2D eigenvalue weighted by Crippen LogP contribution is -2.25. The molecule has 0 unspecified atom stereocenters. The van der Waals surface area contributed by atoms with Gasteiger partial charge in [-0.2, -0.15) is 0 Å². The second-order valence-corrected chi connectivity index (χ2v) is 6.56. The van der Waals surface area contributed by atoms with Crippen LogP contribution in [-0.4, -0.2) is 18.1 Å². The Hall–Kier alpha value is -1.03. The summed E-state index contributed by atoms with van der Waals surface area (Å²) in [7, 11) is 0. The van der Waals surface area contributed by atoms with E-state index in [1.807, 2.05) is 27.7 Å². The minimum Gasteiger partial charge on any atom is -0.460 e. The molecule has 0 bridgehead atoms. The minimum absolute atomic E-state index is 0.180. The summed E-state index contributed by atoms with van der Waals surface area (Å²) in [5.41, 5.74) is 2.99. The zero-order chi connectivity index (χ0) is 14.6. The number of hydrogen-bond donors (Lipinski definition) is 1. The van der Waals surface area contributed by atoms with Gasteiger partial charge >= 0.3 is 5.97 Å². The fourth-order valence-electron chi connectivity index (χ4n) is 1.82. The number of halogens is 1. The average Bonchev–Trinajstić information content (AvgIpc) is 2.19. The molecule has 1 aromatic carbocycles. The van der Waals surface area contributed by atoms with E-state index in [4.69, 9.17) is 4.74 Å². The molecule has 0 amide bonds. The summed E-state index contributed by atoms with van der Waals surface area (Å²) in [6, 6.07) is 4.17. The van der Waals surface area contributed by atoms with Crippen molar-refractivity contribution in [2.75, 3.05) is 11.9 Å². The number of rotatable bonds is 4. The third-order valence-corrected chi connectivity index (χ3v) is 3.11. The molecule has 0 saturated carbocycles. The number of aryl methyl sites for hydroxylation is 2. The normalized spacial score (nSPS) is 11.3. The first-order valence-corrected chi connectivity index (χ1v) is 7.21. The maximum Gasteiger partial charge on any atom is 0.308 e. The molecule has 1 N–H and O–H groups in total. The standard InChI is InChI=1S/C15H22BrNO2/c1-10-8-11(2)14(12(16)9-10)17-7-6-13(18)19-15(3,4)5/h8-9,17H,6-7H2,1-5H3. The molecule has 0 spiro atoms. The number of anilines is 1. The fourth-order valence-corrected chi connectivity index (χ4v) is 2.64. The van der Waals surface area contributed by atoms with E-state index < -0.39 is 5.60 Å². The molecule has 19 heavy (non-hydrogen) atoms. The number of carbonyl (C=O) groups excluding carboxylic acids is 1. The first kappa shape index (κ1) is 16.0. The second-order valence-electron chi connectivity index (χ2n) is 5.70. The van der Waals surface area contributed by atoms with Gasteiger partial charge in [-0.05, 0) is 67.7 Å². The molecule has 1 aromatic rings. The summed E-state index contributed by atoms with van der Waals surface area (Å²) >= 11 is 3.54. The van der Waals surface area contributed by atoms with Crippen LogP contribution in [0.3, 0.4) is 0 Å². The highest BCUT2D eigenvalue weighted by atomic mass is 79.9. The number of benzene rings is 1. The number of hydrogen-bond acceptors (Lipinski definition) is 3. The highest BCUT2D eigenvalue weighted by molar-refractivity contribution is 9.10. The van der Waals surface area contributed by atoms with Gasteiger partial charge in [-0.15, -0.1) is 0 Å². The lowest BCUT2D eigenvalue weighted by Gasteiger charge is -2.20. The third-order valence-electron chi connectivity index (χ3n) is 2.48. The van der Waals surface area contributed by atoms with Gasteiger partial charge in [-0.1, -0.05) is 6.07 Å². The first-order chi connectivity index (χ1) is 8.69. The summed E-state index contributed by atoms with van der Waals surface area (Å²) < 4.78 is 6.29. The van der Waals surface area contributed by atoms with Gasteiger partial charge in [0.2, 0.25) is 0 Å². The Labute approximate surface area is 123 Å². The lowest BCUT2D eigenvalue weighted by atomic mass is 10.1. The van der Waals surface area contributed by atoms with E-state index in [1.54, 1.807) is 0 Å². The van der Waals surface area contributed by atoms with Gasteiger partial charge < -0.3 is 10.1 Å². The quantitative estimate of drug-likeness (QED) is 0.842. The summed E-state index contributed by atoms with van der Waals surface area (Å²) in [6.45, 7) is 10.3. The molecule has 0 saturated heterocycles. The highest BCUT2D eigenvalue weighted by Crippen LogP contribution is 2.27. The van der Waals surface area contributed by atoms with Crippen LogP contribution in [0, 0.1) is 13.8 Å². The predicted molar refractivity (Wildman–Crippen MR) is 82.6 cm³/mol. The van der Waals surface area contributed by atoms with E-state index in [-0.39, 0.29) is 5.97 Å². The van der Waals surface area contributed by atoms with Crippen molar-refractivity contribution in [1.82, 2.24) is 0 Å². The smallest absolute Gasteiger partial charge is 0.308 e. The van der Waals surface area contributed by atoms with Crippen LogP contribution in [0.5, 0.6) is 0 Å². The Balaban J connectivity index is 2.52. The molecule has 0 heterocycles. The molecule has 106 valence electrons. The second kappa shape index (κ2) is 6.42. The van der Waals surface area contributed by atoms with E-state index in [1.165, 1.54) is 5.56 Å². The van der Waals surface area contributed by atoms with Gasteiger partial charge in [-0.25, -0.2) is 0 Å². The third kappa shape index (κ3) is 5.64. The maximum absolute atomic E-state index is 11.6. The number of nitrogens with one attached hydrogen (secondary N) is 1. The SMILES string of the molecule is Cc1cc(C)c(NCCC(=O)OC(C)(C)C)c(Br)c1. The van der Waals surface area contributed by atoms with Crippen molar-refractivity contribution in [3.63, 3.8) is 0 Å². The van der Waals surface area contributed by atoms with Gasteiger partial charge in [0.05, 0.1) is 12.1 Å². The summed E-state index contributed by atoms with van der Waals surface area (Å²) in [5, 5.41) is 3.28. The van der Waals surface area contributed by atoms with Crippen molar-refractivity contribution in [1.29, 1.82) is 0 Å². The first-order valence-electron chi connectivity index (χ1n) is 6.41. The van der Waals surface area contributed by atoms with Crippen LogP contribution in [-0.2, 0) is 9.53 Å². The molecule has 0 aliphatic rings. The van der Waals surface area contributed by atoms with E-state index in [2.05, 4.69) is 40.3 Å². The molecular weight excluding hydrogens is 306 g/mol. The monoisotopic (exact) mass is 327 g/mol. The predicted octanol–water partition coefficient (Wildman–Crippen LogP) is 4.21. The van der Waals surface area contributed by atoms with Crippen molar-refractivity contribution < 1.29 is 9.53 Å². The van der Waals surface area contributed by atoms with E-state index >= 15 is 0 Å². The van der Waals surface area contributed by atoms with E-state index in [0.717, 1.165) is 15.7 Å². The number of esters is 1. The van der Waals surface area contributed by atoms with Crippen molar-refractivity contribution in [3.8, 4) is 0 Å². The zero-order valence-corrected chi connectivity index (χ0v) is 13.8. The van der Waals surface area contributed by atoms with E-state index in [9.17, 15) is 4.79 Å². The van der Waals surface area contributed by atoms with Crippen molar-refractivity contribution >= 4 is 27.6 Å². The minimum atomic E-state index is -0.419. The van der Waals surface area contributed by atoms with Gasteiger partial charge in [-0.3, -0.25) is 4.79 Å². The summed E-state index contributed by atoms with van der Waals surface area (Å²) in [5.74, 6) is -0.180. The average molecular weight is 328 g/mol. The van der Waals surface area contributed by atoms with Crippen LogP contribution >= 0.6 is 15.9 Å². The van der Waals surface area contributed by atoms with Crippen LogP contribution in [0.2, 0.25) is 0 Å². The molecule has 3 nitrogen and oxygen atoms in total. The van der Waals surface area contributed by atoms with Crippen LogP contribution in [0.1, 0.15) is 38.3 Å². The topological polar surface area (TPSA) is 38.3 Å². The Kier molecular flexibility index (Phi) is 5.41. The highest BCUT2D eigenvalue weighted by Gasteiger charge is 2.15. The van der Waals surface area contributed by atoms with E-state index in [0.29, 0.717) is 13.0 Å². The zero-order valence-electron chi connectivity index (χ0n) is 12.3. The molecule has 0 radical (unpaired) electrons. The van der Waals surface area contributed by atoms with Gasteiger partial charge in [0.25, 0.3) is 0 Å². The van der Waals surface area contributed by atoms with Gasteiger partial charge in [0.15, 0.2) is 0 Å². The molecule has 0 atom stereocenters. The Morgan fingerprint density at radius 1 is 1.32 bits per heavy atom. The Morgan fingerprint density at radius 2 is 1.95 bits per heavy atom. The Morgan fingerprint density at radius 3 is 2.47 bits per heavy atom. The fraction of sp³-hybridized carbons (Fsp3) is 0.533. The molecule has 0 fully saturated rings. The summed E-state index contributed by atoms with van der Waals surface area (Å²) in [6.07, 6.45) is 0.358. The van der Waals surface area contributed by atoms with Gasteiger partial charge in [0.1, 0.15) is 5.60 Å². The molecule has 0 aromatic heterocycles. The maximum atomic E-state index is 11.6. The van der Waals surface area contributed by atoms with Crippen molar-refractivity contribution in [3.05, 3.63) is 27.7 Å².